The number of amides is 1. The van der Waals surface area contributed by atoms with E-state index in [-0.39, 0.29) is 34.1 Å². The maximum Gasteiger partial charge on any atom is 0.224 e. The Balaban J connectivity index is 1.42. The first-order valence-electron chi connectivity index (χ1n) is 11.4. The van der Waals surface area contributed by atoms with Gasteiger partial charge in [0.2, 0.25) is 5.91 Å². The first kappa shape index (κ1) is 18.7. The lowest BCUT2D eigenvalue weighted by Gasteiger charge is -2.58. The van der Waals surface area contributed by atoms with Crippen molar-refractivity contribution in [3.05, 3.63) is 11.8 Å². The standard InChI is InChI=1S/C24H36N2O2/c1-22(2,3)26-21(28)17-7-6-15-14-12-25-20-11-19(27)13-10-18(13)24(20,5)16(14)8-9-23(15,17)4/h11,13-18,25H,6-10,12H2,1-5H3,(H,26,28)/t13?,14?,15?,16?,17-,18?,23+,24+/m1/s1. The summed E-state index contributed by atoms with van der Waals surface area (Å²) in [4.78, 5) is 25.4. The van der Waals surface area contributed by atoms with E-state index in [2.05, 4.69) is 45.3 Å². The highest BCUT2D eigenvalue weighted by Crippen LogP contribution is 2.69. The number of allylic oxidation sites excluding steroid dienone is 2. The van der Waals surface area contributed by atoms with Crippen molar-refractivity contribution in [2.45, 2.75) is 72.3 Å². The van der Waals surface area contributed by atoms with E-state index in [0.29, 0.717) is 29.5 Å². The van der Waals surface area contributed by atoms with E-state index < -0.39 is 0 Å². The van der Waals surface area contributed by atoms with E-state index >= 15 is 0 Å². The Hall–Kier alpha value is -1.32. The molecule has 28 heavy (non-hydrogen) atoms. The molecule has 154 valence electrons. The summed E-state index contributed by atoms with van der Waals surface area (Å²) >= 11 is 0. The second-order valence-electron chi connectivity index (χ2n) is 11.9. The smallest absolute Gasteiger partial charge is 0.224 e. The minimum Gasteiger partial charge on any atom is -0.387 e. The molecule has 1 amide bonds. The maximum absolute atomic E-state index is 13.1. The zero-order valence-electron chi connectivity index (χ0n) is 18.1. The topological polar surface area (TPSA) is 58.2 Å². The lowest BCUT2D eigenvalue weighted by atomic mass is 9.49. The lowest BCUT2D eigenvalue weighted by molar-refractivity contribution is -0.134. The summed E-state index contributed by atoms with van der Waals surface area (Å²) in [6.07, 6.45) is 7.56. The average Bonchev–Trinajstić information content (AvgIpc) is 3.32. The predicted molar refractivity (Wildman–Crippen MR) is 109 cm³/mol. The highest BCUT2D eigenvalue weighted by atomic mass is 16.2. The Morgan fingerprint density at radius 3 is 2.61 bits per heavy atom. The van der Waals surface area contributed by atoms with Crippen LogP contribution < -0.4 is 10.6 Å². The summed E-state index contributed by atoms with van der Waals surface area (Å²) in [5, 5.41) is 6.96. The summed E-state index contributed by atoms with van der Waals surface area (Å²) in [5.74, 6) is 3.49. The Morgan fingerprint density at radius 1 is 1.14 bits per heavy atom. The van der Waals surface area contributed by atoms with Crippen molar-refractivity contribution in [2.75, 3.05) is 6.54 Å². The maximum atomic E-state index is 13.1. The van der Waals surface area contributed by atoms with E-state index in [4.69, 9.17) is 0 Å². The molecule has 0 bridgehead atoms. The van der Waals surface area contributed by atoms with Crippen LogP contribution in [-0.4, -0.2) is 23.8 Å². The molecule has 4 aliphatic carbocycles. The van der Waals surface area contributed by atoms with Gasteiger partial charge in [-0.05, 0) is 82.0 Å². The normalized spacial score (nSPS) is 49.0. The number of nitrogens with one attached hydrogen (secondary N) is 2. The Morgan fingerprint density at radius 2 is 1.89 bits per heavy atom. The third-order valence-corrected chi connectivity index (χ3v) is 9.34. The van der Waals surface area contributed by atoms with Crippen LogP contribution in [0.4, 0.5) is 0 Å². The number of fused-ring (bicyclic) bond motifs is 7. The van der Waals surface area contributed by atoms with Gasteiger partial charge in [0.15, 0.2) is 5.78 Å². The fraction of sp³-hybridized carbons (Fsp3) is 0.833. The summed E-state index contributed by atoms with van der Waals surface area (Å²) in [6, 6.07) is 0. The van der Waals surface area contributed by atoms with Gasteiger partial charge in [0.1, 0.15) is 0 Å². The molecule has 4 fully saturated rings. The van der Waals surface area contributed by atoms with Crippen molar-refractivity contribution in [2.24, 2.45) is 46.3 Å². The van der Waals surface area contributed by atoms with Gasteiger partial charge < -0.3 is 10.6 Å². The Bertz CT molecular complexity index is 765. The third kappa shape index (κ3) is 2.42. The third-order valence-electron chi connectivity index (χ3n) is 9.34. The second-order valence-corrected chi connectivity index (χ2v) is 11.9. The molecule has 8 atom stereocenters. The van der Waals surface area contributed by atoms with E-state index in [9.17, 15) is 9.59 Å². The van der Waals surface area contributed by atoms with Gasteiger partial charge in [-0.1, -0.05) is 13.8 Å². The van der Waals surface area contributed by atoms with E-state index in [0.717, 1.165) is 25.8 Å². The van der Waals surface area contributed by atoms with Crippen molar-refractivity contribution in [3.63, 3.8) is 0 Å². The van der Waals surface area contributed by atoms with Crippen molar-refractivity contribution in [1.82, 2.24) is 10.6 Å². The largest absolute Gasteiger partial charge is 0.387 e. The molecule has 2 N–H and O–H groups in total. The molecule has 4 heteroatoms. The van der Waals surface area contributed by atoms with E-state index in [1.807, 2.05) is 6.08 Å². The molecule has 5 rings (SSSR count). The van der Waals surface area contributed by atoms with Crippen LogP contribution in [-0.2, 0) is 9.59 Å². The van der Waals surface area contributed by atoms with Crippen LogP contribution in [0.15, 0.2) is 11.8 Å². The summed E-state index contributed by atoms with van der Waals surface area (Å²) < 4.78 is 0. The molecular formula is C24H36N2O2. The Kier molecular flexibility index (Phi) is 3.76. The molecule has 5 aliphatic rings. The summed E-state index contributed by atoms with van der Waals surface area (Å²) in [5.41, 5.74) is 1.32. The first-order chi connectivity index (χ1) is 13.1. The van der Waals surface area contributed by atoms with Crippen molar-refractivity contribution in [1.29, 1.82) is 0 Å². The molecule has 0 aromatic rings. The molecule has 4 nitrogen and oxygen atoms in total. The van der Waals surface area contributed by atoms with Gasteiger partial charge in [0.25, 0.3) is 0 Å². The number of carbonyl (C=O) groups excluding carboxylic acids is 2. The van der Waals surface area contributed by atoms with Gasteiger partial charge >= 0.3 is 0 Å². The molecule has 5 unspecified atom stereocenters. The van der Waals surface area contributed by atoms with Crippen LogP contribution in [0.2, 0.25) is 0 Å². The van der Waals surface area contributed by atoms with Crippen LogP contribution in [0.1, 0.15) is 66.7 Å². The van der Waals surface area contributed by atoms with Crippen molar-refractivity contribution in [3.8, 4) is 0 Å². The number of piperidine rings is 1. The van der Waals surface area contributed by atoms with Crippen LogP contribution in [0.25, 0.3) is 0 Å². The van der Waals surface area contributed by atoms with Crippen molar-refractivity contribution < 1.29 is 9.59 Å². The first-order valence-corrected chi connectivity index (χ1v) is 11.4. The van der Waals surface area contributed by atoms with Gasteiger partial charge in [0.05, 0.1) is 0 Å². The molecule has 3 saturated carbocycles. The fourth-order valence-electron chi connectivity index (χ4n) is 7.92. The van der Waals surface area contributed by atoms with Gasteiger partial charge in [0, 0.05) is 41.1 Å². The highest BCUT2D eigenvalue weighted by molar-refractivity contribution is 5.96. The number of rotatable bonds is 1. The van der Waals surface area contributed by atoms with Gasteiger partial charge in [-0.3, -0.25) is 9.59 Å². The van der Waals surface area contributed by atoms with E-state index in [1.54, 1.807) is 0 Å². The monoisotopic (exact) mass is 384 g/mol. The fourth-order valence-corrected chi connectivity index (χ4v) is 7.92. The van der Waals surface area contributed by atoms with Crippen LogP contribution in [0.5, 0.6) is 0 Å². The zero-order valence-corrected chi connectivity index (χ0v) is 18.1. The zero-order chi connectivity index (χ0) is 20.1. The van der Waals surface area contributed by atoms with Gasteiger partial charge in [-0.2, -0.15) is 0 Å². The molecule has 0 aromatic heterocycles. The molecule has 0 radical (unpaired) electrons. The molecular weight excluding hydrogens is 348 g/mol. The summed E-state index contributed by atoms with van der Waals surface area (Å²) in [6.45, 7) is 12.0. The van der Waals surface area contributed by atoms with Crippen LogP contribution in [0, 0.1) is 46.3 Å². The lowest BCUT2D eigenvalue weighted by Crippen LogP contribution is -2.58. The Labute approximate surface area is 169 Å². The quantitative estimate of drug-likeness (QED) is 0.725. The van der Waals surface area contributed by atoms with Gasteiger partial charge in [-0.25, -0.2) is 0 Å². The van der Waals surface area contributed by atoms with E-state index in [1.165, 1.54) is 18.5 Å². The minimum absolute atomic E-state index is 0.114. The average molecular weight is 385 g/mol. The molecule has 1 saturated heterocycles. The van der Waals surface area contributed by atoms with Crippen LogP contribution >= 0.6 is 0 Å². The molecule has 1 heterocycles. The molecule has 0 spiro atoms. The number of carbonyl (C=O) groups is 2. The second kappa shape index (κ2) is 5.64. The number of hydrogen-bond acceptors (Lipinski definition) is 3. The summed E-state index contributed by atoms with van der Waals surface area (Å²) in [7, 11) is 0. The van der Waals surface area contributed by atoms with Crippen LogP contribution in [0.3, 0.4) is 0 Å². The molecule has 1 aliphatic heterocycles. The number of hydrogen-bond donors (Lipinski definition) is 2. The number of ketones is 1. The van der Waals surface area contributed by atoms with Crippen molar-refractivity contribution >= 4 is 11.7 Å². The minimum atomic E-state index is -0.169. The van der Waals surface area contributed by atoms with Gasteiger partial charge in [-0.15, -0.1) is 0 Å². The predicted octanol–water partition coefficient (Wildman–Crippen LogP) is 3.67. The molecule has 0 aromatic carbocycles. The highest BCUT2D eigenvalue weighted by Gasteiger charge is 2.66. The SMILES string of the molecule is CC(C)(C)NC(=O)[C@H]1CCC2C3CNC4=CC(=O)C5CC5[C@]4(C)C3CC[C@@]21C.